The predicted octanol–water partition coefficient (Wildman–Crippen LogP) is 5.47. The molecule has 0 aliphatic carbocycles. The van der Waals surface area contributed by atoms with E-state index in [-0.39, 0.29) is 23.0 Å². The molecule has 38 heavy (non-hydrogen) atoms. The van der Waals surface area contributed by atoms with Gasteiger partial charge < -0.3 is 10.1 Å². The van der Waals surface area contributed by atoms with Gasteiger partial charge in [-0.15, -0.1) is 0 Å². The molecule has 0 aromatic heterocycles. The molecule has 1 aliphatic heterocycles. The Balaban J connectivity index is 1.58. The van der Waals surface area contributed by atoms with Crippen molar-refractivity contribution in [2.45, 2.75) is 13.8 Å². The van der Waals surface area contributed by atoms with Crippen molar-refractivity contribution in [3.05, 3.63) is 99.0 Å². The lowest BCUT2D eigenvalue weighted by Crippen LogP contribution is -2.31. The zero-order valence-electron chi connectivity index (χ0n) is 20.7. The van der Waals surface area contributed by atoms with Gasteiger partial charge >= 0.3 is 5.69 Å². The summed E-state index contributed by atoms with van der Waals surface area (Å²) in [4.78, 5) is 42.2. The Hall–Kier alpha value is -4.51. The number of amidine groups is 1. The van der Waals surface area contributed by atoms with E-state index in [1.54, 1.807) is 37.5 Å². The van der Waals surface area contributed by atoms with Crippen LogP contribution in [0.25, 0.3) is 6.08 Å². The summed E-state index contributed by atoms with van der Waals surface area (Å²) in [6.45, 7) is 3.84. The van der Waals surface area contributed by atoms with Crippen LogP contribution >= 0.6 is 11.8 Å². The smallest absolute Gasteiger partial charge is 0.306 e. The Labute approximate surface area is 222 Å². The SMILES string of the molecule is COc1ccc(/C=C2\N=C(SCC(=O)Nc3ccc(F)c([N+](=O)[O-])c3)N(c3cc(C)cc(C)c3)C2=O)cc1. The maximum atomic E-state index is 13.6. The number of carbonyl (C=O) groups excluding carboxylic acids is 2. The number of hydrogen-bond acceptors (Lipinski definition) is 7. The topological polar surface area (TPSA) is 114 Å². The quantitative estimate of drug-likeness (QED) is 0.244. The van der Waals surface area contributed by atoms with Crippen LogP contribution in [0.2, 0.25) is 0 Å². The second-order valence-corrected chi connectivity index (χ2v) is 9.39. The molecular formula is C27H23FN4O5S. The van der Waals surface area contributed by atoms with Gasteiger partial charge in [-0.2, -0.15) is 4.39 Å². The third kappa shape index (κ3) is 6.06. The molecule has 1 heterocycles. The molecule has 3 aromatic carbocycles. The molecule has 0 unspecified atom stereocenters. The molecule has 1 aliphatic rings. The number of benzene rings is 3. The summed E-state index contributed by atoms with van der Waals surface area (Å²) in [5, 5.41) is 13.8. The van der Waals surface area contributed by atoms with E-state index in [1.807, 2.05) is 32.0 Å². The molecule has 0 radical (unpaired) electrons. The van der Waals surface area contributed by atoms with Crippen molar-refractivity contribution in [1.29, 1.82) is 0 Å². The van der Waals surface area contributed by atoms with Gasteiger partial charge in [0, 0.05) is 11.8 Å². The minimum atomic E-state index is -0.999. The number of nitrogens with zero attached hydrogens (tertiary/aromatic N) is 3. The molecule has 1 N–H and O–H groups in total. The molecule has 4 rings (SSSR count). The van der Waals surface area contributed by atoms with Crippen molar-refractivity contribution >= 4 is 51.9 Å². The summed E-state index contributed by atoms with van der Waals surface area (Å²) in [5.41, 5.74) is 2.83. The van der Waals surface area contributed by atoms with Crippen LogP contribution in [0.5, 0.6) is 5.75 Å². The van der Waals surface area contributed by atoms with Crippen molar-refractivity contribution in [3.8, 4) is 5.75 Å². The highest BCUT2D eigenvalue weighted by Crippen LogP contribution is 2.31. The number of methoxy groups -OCH3 is 1. The van der Waals surface area contributed by atoms with Gasteiger partial charge in [0.15, 0.2) is 5.17 Å². The van der Waals surface area contributed by atoms with E-state index < -0.39 is 22.3 Å². The lowest BCUT2D eigenvalue weighted by Gasteiger charge is -2.19. The molecule has 2 amide bonds. The summed E-state index contributed by atoms with van der Waals surface area (Å²) in [6.07, 6.45) is 1.66. The highest BCUT2D eigenvalue weighted by Gasteiger charge is 2.32. The van der Waals surface area contributed by atoms with Gasteiger partial charge in [0.05, 0.1) is 23.5 Å². The second-order valence-electron chi connectivity index (χ2n) is 8.44. The molecule has 9 nitrogen and oxygen atoms in total. The fourth-order valence-electron chi connectivity index (χ4n) is 3.82. The average molecular weight is 535 g/mol. The molecule has 194 valence electrons. The normalized spacial score (nSPS) is 14.0. The van der Waals surface area contributed by atoms with Gasteiger partial charge in [-0.1, -0.05) is 30.0 Å². The van der Waals surface area contributed by atoms with E-state index in [0.717, 1.165) is 40.6 Å². The summed E-state index contributed by atoms with van der Waals surface area (Å²) >= 11 is 1.04. The van der Waals surface area contributed by atoms with Crippen LogP contribution < -0.4 is 15.0 Å². The van der Waals surface area contributed by atoms with Crippen molar-refractivity contribution in [2.75, 3.05) is 23.1 Å². The third-order valence-electron chi connectivity index (χ3n) is 5.47. The van der Waals surface area contributed by atoms with Crippen LogP contribution in [0.1, 0.15) is 16.7 Å². The predicted molar refractivity (Wildman–Crippen MR) is 146 cm³/mol. The minimum absolute atomic E-state index is 0.0828. The maximum Gasteiger partial charge on any atom is 0.306 e. The zero-order valence-corrected chi connectivity index (χ0v) is 21.5. The number of amides is 2. The number of nitro benzene ring substituents is 1. The van der Waals surface area contributed by atoms with Crippen LogP contribution in [0.15, 0.2) is 71.4 Å². The molecule has 0 saturated carbocycles. The number of rotatable bonds is 7. The summed E-state index contributed by atoms with van der Waals surface area (Å²) < 4.78 is 18.8. The highest BCUT2D eigenvalue weighted by molar-refractivity contribution is 8.14. The van der Waals surface area contributed by atoms with E-state index in [4.69, 9.17) is 4.74 Å². The lowest BCUT2D eigenvalue weighted by molar-refractivity contribution is -0.387. The number of anilines is 2. The minimum Gasteiger partial charge on any atom is -0.497 e. The Morgan fingerprint density at radius 1 is 1.13 bits per heavy atom. The van der Waals surface area contributed by atoms with Crippen LogP contribution in [0, 0.1) is 29.8 Å². The van der Waals surface area contributed by atoms with E-state index in [1.165, 1.54) is 11.0 Å². The standard InChI is InChI=1S/C27H23FN4O5S/c1-16-10-17(2)12-20(11-16)31-26(34)23(13-18-4-7-21(37-3)8-5-18)30-27(31)38-15-25(33)29-19-6-9-22(28)24(14-19)32(35)36/h4-14H,15H2,1-3H3,(H,29,33)/b23-13-. The van der Waals surface area contributed by atoms with Crippen molar-refractivity contribution in [2.24, 2.45) is 4.99 Å². The molecule has 0 spiro atoms. The molecule has 0 bridgehead atoms. The zero-order chi connectivity index (χ0) is 27.4. The van der Waals surface area contributed by atoms with Gasteiger partial charge in [-0.25, -0.2) is 4.99 Å². The molecule has 0 atom stereocenters. The van der Waals surface area contributed by atoms with Gasteiger partial charge in [-0.3, -0.25) is 24.6 Å². The monoisotopic (exact) mass is 534 g/mol. The van der Waals surface area contributed by atoms with Crippen LogP contribution in [0.3, 0.4) is 0 Å². The Morgan fingerprint density at radius 2 is 1.82 bits per heavy atom. The van der Waals surface area contributed by atoms with Crippen molar-refractivity contribution in [3.63, 3.8) is 0 Å². The van der Waals surface area contributed by atoms with Crippen molar-refractivity contribution in [1.82, 2.24) is 0 Å². The number of aryl methyl sites for hydroxylation is 2. The number of nitro groups is 1. The first kappa shape index (κ1) is 26.6. The third-order valence-corrected chi connectivity index (χ3v) is 6.41. The average Bonchev–Trinajstić information content (AvgIpc) is 3.18. The van der Waals surface area contributed by atoms with Crippen molar-refractivity contribution < 1.29 is 23.6 Å². The van der Waals surface area contributed by atoms with E-state index in [2.05, 4.69) is 10.3 Å². The number of thioether (sulfide) groups is 1. The fourth-order valence-corrected chi connectivity index (χ4v) is 4.63. The fraction of sp³-hybridized carbons (Fsp3) is 0.148. The van der Waals surface area contributed by atoms with Gasteiger partial charge in [-0.05, 0) is 73.0 Å². The van der Waals surface area contributed by atoms with Crippen LogP contribution in [-0.4, -0.2) is 34.8 Å². The molecule has 3 aromatic rings. The number of nitrogens with one attached hydrogen (secondary N) is 1. The van der Waals surface area contributed by atoms with Crippen LogP contribution in [-0.2, 0) is 9.59 Å². The molecule has 0 fully saturated rings. The number of carbonyl (C=O) groups is 2. The number of halogens is 1. The van der Waals surface area contributed by atoms with Gasteiger partial charge in [0.25, 0.3) is 5.91 Å². The van der Waals surface area contributed by atoms with Gasteiger partial charge in [0.2, 0.25) is 11.7 Å². The summed E-state index contributed by atoms with van der Waals surface area (Å²) in [6, 6.07) is 16.0. The van der Waals surface area contributed by atoms with E-state index in [9.17, 15) is 24.1 Å². The first-order valence-corrected chi connectivity index (χ1v) is 12.4. The maximum absolute atomic E-state index is 13.6. The first-order chi connectivity index (χ1) is 18.1. The number of hydrogen-bond donors (Lipinski definition) is 1. The lowest BCUT2D eigenvalue weighted by atomic mass is 10.1. The Kier molecular flexibility index (Phi) is 7.87. The largest absolute Gasteiger partial charge is 0.497 e. The van der Waals surface area contributed by atoms with E-state index in [0.29, 0.717) is 16.6 Å². The summed E-state index contributed by atoms with van der Waals surface area (Å²) in [7, 11) is 1.57. The molecule has 0 saturated heterocycles. The Bertz CT molecular complexity index is 1470. The second kappa shape index (κ2) is 11.3. The number of aliphatic imine (C=N–C) groups is 1. The number of ether oxygens (including phenoxy) is 1. The van der Waals surface area contributed by atoms with E-state index >= 15 is 0 Å². The summed E-state index contributed by atoms with van der Waals surface area (Å²) in [5.74, 6) is -1.31. The Morgan fingerprint density at radius 3 is 2.45 bits per heavy atom. The van der Waals surface area contributed by atoms with Crippen LogP contribution in [0.4, 0.5) is 21.5 Å². The molecular weight excluding hydrogens is 511 g/mol. The first-order valence-electron chi connectivity index (χ1n) is 11.4. The molecule has 11 heteroatoms. The van der Waals surface area contributed by atoms with Gasteiger partial charge in [0.1, 0.15) is 11.4 Å². The highest BCUT2D eigenvalue weighted by atomic mass is 32.2.